The van der Waals surface area contributed by atoms with Gasteiger partial charge in [0.25, 0.3) is 0 Å². The van der Waals surface area contributed by atoms with Crippen molar-refractivity contribution in [3.05, 3.63) is 29.8 Å². The van der Waals surface area contributed by atoms with E-state index in [1.54, 1.807) is 31.2 Å². The number of ketones is 1. The summed E-state index contributed by atoms with van der Waals surface area (Å²) in [6, 6.07) is 6.70. The maximum absolute atomic E-state index is 12.0. The van der Waals surface area contributed by atoms with Gasteiger partial charge >= 0.3 is 0 Å². The molecule has 98 valence electrons. The first-order chi connectivity index (χ1) is 8.54. The zero-order valence-electron chi connectivity index (χ0n) is 10.3. The minimum absolute atomic E-state index is 0.147. The lowest BCUT2D eigenvalue weighted by Gasteiger charge is -2.09. The van der Waals surface area contributed by atoms with Crippen LogP contribution in [0.1, 0.15) is 25.3 Å². The molecular formula is C13H17NO3S. The van der Waals surface area contributed by atoms with Crippen molar-refractivity contribution >= 4 is 15.8 Å². The average Bonchev–Trinajstić information content (AvgIpc) is 3.13. The number of rotatable bonds is 6. The van der Waals surface area contributed by atoms with Gasteiger partial charge < -0.3 is 0 Å². The fraction of sp³-hybridized carbons (Fsp3) is 0.462. The Morgan fingerprint density at radius 2 is 2.00 bits per heavy atom. The highest BCUT2D eigenvalue weighted by Gasteiger charge is 2.30. The van der Waals surface area contributed by atoms with Crippen molar-refractivity contribution in [1.82, 2.24) is 4.72 Å². The topological polar surface area (TPSA) is 63.2 Å². The predicted octanol–water partition coefficient (Wildman–Crippen LogP) is 1.51. The van der Waals surface area contributed by atoms with E-state index < -0.39 is 10.0 Å². The molecule has 0 radical (unpaired) electrons. The summed E-state index contributed by atoms with van der Waals surface area (Å²) in [5, 5.41) is 0. The van der Waals surface area contributed by atoms with E-state index in [0.29, 0.717) is 12.1 Å². The molecular weight excluding hydrogens is 250 g/mol. The highest BCUT2D eigenvalue weighted by molar-refractivity contribution is 7.89. The minimum Gasteiger partial charge on any atom is -0.299 e. The van der Waals surface area contributed by atoms with Crippen LogP contribution in [0.5, 0.6) is 0 Å². The Morgan fingerprint density at radius 1 is 1.33 bits per heavy atom. The second-order valence-corrected chi connectivity index (χ2v) is 6.26. The molecule has 2 rings (SSSR count). The average molecular weight is 267 g/mol. The van der Waals surface area contributed by atoms with Gasteiger partial charge in [0.2, 0.25) is 10.0 Å². The van der Waals surface area contributed by atoms with Crippen LogP contribution in [0, 0.1) is 5.92 Å². The Morgan fingerprint density at radius 3 is 2.61 bits per heavy atom. The number of hydrogen-bond acceptors (Lipinski definition) is 3. The van der Waals surface area contributed by atoms with Gasteiger partial charge in [-0.3, -0.25) is 4.79 Å². The quantitative estimate of drug-likeness (QED) is 0.849. The number of carbonyl (C=O) groups is 1. The molecule has 1 aliphatic carbocycles. The zero-order valence-corrected chi connectivity index (χ0v) is 11.2. The molecule has 18 heavy (non-hydrogen) atoms. The van der Waals surface area contributed by atoms with Gasteiger partial charge in [-0.15, -0.1) is 0 Å². The third-order valence-corrected chi connectivity index (χ3v) is 4.64. The fourth-order valence-corrected chi connectivity index (χ4v) is 3.20. The molecule has 1 fully saturated rings. The van der Waals surface area contributed by atoms with Gasteiger partial charge in [0.1, 0.15) is 5.78 Å². The van der Waals surface area contributed by atoms with Crippen LogP contribution in [0.2, 0.25) is 0 Å². The zero-order chi connectivity index (χ0) is 13.2. The maximum atomic E-state index is 12.0. The molecule has 0 unspecified atom stereocenters. The molecule has 1 aromatic rings. The molecule has 1 aromatic carbocycles. The van der Waals surface area contributed by atoms with Crippen molar-refractivity contribution < 1.29 is 13.2 Å². The number of benzene rings is 1. The third-order valence-electron chi connectivity index (χ3n) is 2.99. The standard InChI is InChI=1S/C13H17NO3S/c1-2-14-18(16,17)13-6-4-3-5-11(13)9-12(15)10-7-8-10/h3-6,10,14H,2,7-9H2,1H3. The van der Waals surface area contributed by atoms with Crippen LogP contribution < -0.4 is 4.72 Å². The van der Waals surface area contributed by atoms with Gasteiger partial charge in [-0.2, -0.15) is 0 Å². The van der Waals surface area contributed by atoms with E-state index in [9.17, 15) is 13.2 Å². The molecule has 1 saturated carbocycles. The lowest BCUT2D eigenvalue weighted by Crippen LogP contribution is -2.24. The Labute approximate surface area is 107 Å². The van der Waals surface area contributed by atoms with Crippen molar-refractivity contribution in [2.24, 2.45) is 5.92 Å². The van der Waals surface area contributed by atoms with Crippen LogP contribution in [0.4, 0.5) is 0 Å². The summed E-state index contributed by atoms with van der Waals surface area (Å²) in [6.45, 7) is 2.07. The van der Waals surface area contributed by atoms with Gasteiger partial charge in [-0.05, 0) is 24.5 Å². The molecule has 0 aliphatic heterocycles. The highest BCUT2D eigenvalue weighted by atomic mass is 32.2. The molecule has 5 heteroatoms. The summed E-state index contributed by atoms with van der Waals surface area (Å²) in [4.78, 5) is 12.0. The van der Waals surface area contributed by atoms with Crippen molar-refractivity contribution in [3.8, 4) is 0 Å². The van der Waals surface area contributed by atoms with Crippen LogP contribution in [0.25, 0.3) is 0 Å². The number of sulfonamides is 1. The Bertz CT molecular complexity index is 547. The SMILES string of the molecule is CCNS(=O)(=O)c1ccccc1CC(=O)C1CC1. The van der Waals surface area contributed by atoms with E-state index in [1.807, 2.05) is 0 Å². The first-order valence-corrected chi connectivity index (χ1v) is 7.63. The third kappa shape index (κ3) is 2.97. The van der Waals surface area contributed by atoms with Gasteiger partial charge in [-0.1, -0.05) is 25.1 Å². The van der Waals surface area contributed by atoms with Gasteiger partial charge in [-0.25, -0.2) is 13.1 Å². The van der Waals surface area contributed by atoms with Crippen LogP contribution in [0.15, 0.2) is 29.2 Å². The maximum Gasteiger partial charge on any atom is 0.240 e. The van der Waals surface area contributed by atoms with E-state index >= 15 is 0 Å². The first-order valence-electron chi connectivity index (χ1n) is 6.15. The summed E-state index contributed by atoms with van der Waals surface area (Å²) in [6.07, 6.45) is 2.10. The van der Waals surface area contributed by atoms with Crippen LogP contribution in [-0.4, -0.2) is 20.7 Å². The normalized spacial score (nSPS) is 15.6. The Kier molecular flexibility index (Phi) is 3.82. The van der Waals surface area contributed by atoms with Crippen LogP contribution in [-0.2, 0) is 21.2 Å². The largest absolute Gasteiger partial charge is 0.299 e. The minimum atomic E-state index is -3.49. The van der Waals surface area contributed by atoms with Crippen LogP contribution >= 0.6 is 0 Å². The smallest absolute Gasteiger partial charge is 0.240 e. The molecule has 0 saturated heterocycles. The molecule has 0 atom stereocenters. The fourth-order valence-electron chi connectivity index (χ4n) is 1.92. The van der Waals surface area contributed by atoms with Gasteiger partial charge in [0.15, 0.2) is 0 Å². The molecule has 0 amide bonds. The van der Waals surface area contributed by atoms with E-state index in [1.165, 1.54) is 0 Å². The molecule has 0 aromatic heterocycles. The van der Waals surface area contributed by atoms with Crippen molar-refractivity contribution in [1.29, 1.82) is 0 Å². The van der Waals surface area contributed by atoms with E-state index in [0.717, 1.165) is 12.8 Å². The summed E-state index contributed by atoms with van der Waals surface area (Å²) < 4.78 is 26.5. The Balaban J connectivity index is 2.27. The number of nitrogens with one attached hydrogen (secondary N) is 1. The Hall–Kier alpha value is -1.20. The molecule has 0 bridgehead atoms. The van der Waals surface area contributed by atoms with Crippen LogP contribution in [0.3, 0.4) is 0 Å². The second-order valence-electron chi connectivity index (χ2n) is 4.53. The summed E-state index contributed by atoms with van der Waals surface area (Å²) in [7, 11) is -3.49. The number of hydrogen-bond donors (Lipinski definition) is 1. The lowest BCUT2D eigenvalue weighted by atomic mass is 10.1. The van der Waals surface area contributed by atoms with Gasteiger partial charge in [0, 0.05) is 18.9 Å². The van der Waals surface area contributed by atoms with E-state index in [2.05, 4.69) is 4.72 Å². The number of Topliss-reactive ketones (excluding diaryl/α,β-unsaturated/α-hetero) is 1. The molecule has 0 heterocycles. The van der Waals surface area contributed by atoms with Gasteiger partial charge in [0.05, 0.1) is 4.90 Å². The second kappa shape index (κ2) is 5.20. The summed E-state index contributed by atoms with van der Waals surface area (Å²) in [5.41, 5.74) is 0.593. The predicted molar refractivity (Wildman–Crippen MR) is 68.7 cm³/mol. The summed E-state index contributed by atoms with van der Waals surface area (Å²) >= 11 is 0. The molecule has 4 nitrogen and oxygen atoms in total. The number of carbonyl (C=O) groups excluding carboxylic acids is 1. The molecule has 1 N–H and O–H groups in total. The molecule has 0 spiro atoms. The summed E-state index contributed by atoms with van der Waals surface area (Å²) in [5.74, 6) is 0.300. The molecule has 1 aliphatic rings. The van der Waals surface area contributed by atoms with Crippen molar-refractivity contribution in [2.75, 3.05) is 6.54 Å². The van der Waals surface area contributed by atoms with Crippen molar-refractivity contribution in [3.63, 3.8) is 0 Å². The van der Waals surface area contributed by atoms with Crippen molar-refractivity contribution in [2.45, 2.75) is 31.1 Å². The van der Waals surface area contributed by atoms with E-state index in [-0.39, 0.29) is 23.0 Å². The highest BCUT2D eigenvalue weighted by Crippen LogP contribution is 2.31. The van der Waals surface area contributed by atoms with E-state index in [4.69, 9.17) is 0 Å². The first kappa shape index (κ1) is 13.2. The monoisotopic (exact) mass is 267 g/mol. The lowest BCUT2D eigenvalue weighted by molar-refractivity contribution is -0.119.